The second kappa shape index (κ2) is 7.29. The minimum Gasteiger partial charge on any atom is -0.352 e. The summed E-state index contributed by atoms with van der Waals surface area (Å²) in [4.78, 5) is 27.7. The van der Waals surface area contributed by atoms with E-state index in [0.29, 0.717) is 19.6 Å². The van der Waals surface area contributed by atoms with Crippen LogP contribution in [0.25, 0.3) is 0 Å². The number of amides is 3. The van der Waals surface area contributed by atoms with Crippen LogP contribution in [0.3, 0.4) is 0 Å². The van der Waals surface area contributed by atoms with Crippen molar-refractivity contribution < 1.29 is 9.59 Å². The van der Waals surface area contributed by atoms with E-state index in [-0.39, 0.29) is 24.5 Å². The molecule has 0 aromatic heterocycles. The number of nitrogens with one attached hydrogen (secondary N) is 1. The van der Waals surface area contributed by atoms with Gasteiger partial charge in [-0.15, -0.1) is 0 Å². The quantitative estimate of drug-likeness (QED) is 0.875. The monoisotopic (exact) mass is 303 g/mol. The van der Waals surface area contributed by atoms with Crippen molar-refractivity contribution >= 4 is 11.9 Å². The second-order valence-corrected chi connectivity index (χ2v) is 5.99. The molecule has 1 saturated heterocycles. The number of hydrogen-bond acceptors (Lipinski definition) is 2. The Bertz CT molecular complexity index is 544. The third-order valence-corrected chi connectivity index (χ3v) is 3.99. The van der Waals surface area contributed by atoms with Crippen molar-refractivity contribution in [2.75, 3.05) is 19.6 Å². The second-order valence-electron chi connectivity index (χ2n) is 5.99. The summed E-state index contributed by atoms with van der Waals surface area (Å²) in [5, 5.41) is 2.90. The minimum absolute atomic E-state index is 0.0548. The highest BCUT2D eigenvalue weighted by molar-refractivity contribution is 5.85. The fourth-order valence-electron chi connectivity index (χ4n) is 2.55. The molecule has 1 fully saturated rings. The summed E-state index contributed by atoms with van der Waals surface area (Å²) in [6.07, 6.45) is 0.888. The maximum Gasteiger partial charge on any atom is 0.320 e. The lowest BCUT2D eigenvalue weighted by molar-refractivity contribution is -0.122. The van der Waals surface area contributed by atoms with Gasteiger partial charge in [0.05, 0.1) is 0 Å². The molecule has 1 aromatic carbocycles. The molecule has 1 N–H and O–H groups in total. The van der Waals surface area contributed by atoms with Crippen LogP contribution in [0.2, 0.25) is 0 Å². The summed E-state index contributed by atoms with van der Waals surface area (Å²) in [6.45, 7) is 8.06. The first-order valence-electron chi connectivity index (χ1n) is 7.88. The number of nitrogens with zero attached hydrogens (tertiary/aromatic N) is 2. The van der Waals surface area contributed by atoms with Crippen molar-refractivity contribution in [3.8, 4) is 0 Å². The normalized spacial score (nSPS) is 16.0. The first kappa shape index (κ1) is 16.3. The molecule has 0 radical (unpaired) electrons. The van der Waals surface area contributed by atoms with E-state index < -0.39 is 0 Å². The standard InChI is InChI=1S/C17H25N3O2/c1-4-14(3)18-16(21)12-20-9-8-19(17(20)22)11-15-7-5-6-13(2)10-15/h5-7,10,14H,4,8-9,11-12H2,1-3H3,(H,18,21)/t14-/m0/s1. The van der Waals surface area contributed by atoms with Crippen molar-refractivity contribution in [2.45, 2.75) is 39.8 Å². The molecular formula is C17H25N3O2. The van der Waals surface area contributed by atoms with Gasteiger partial charge in [0.1, 0.15) is 6.54 Å². The summed E-state index contributed by atoms with van der Waals surface area (Å²) in [5.74, 6) is -0.0832. The van der Waals surface area contributed by atoms with Gasteiger partial charge in [-0.1, -0.05) is 36.8 Å². The van der Waals surface area contributed by atoms with E-state index in [1.54, 1.807) is 9.80 Å². The maximum absolute atomic E-state index is 12.4. The van der Waals surface area contributed by atoms with Crippen LogP contribution < -0.4 is 5.32 Å². The highest BCUT2D eigenvalue weighted by atomic mass is 16.2. The van der Waals surface area contributed by atoms with Gasteiger partial charge >= 0.3 is 6.03 Å². The molecule has 2 rings (SSSR count). The van der Waals surface area contributed by atoms with Crippen LogP contribution in [0, 0.1) is 6.92 Å². The predicted octanol–water partition coefficient (Wildman–Crippen LogP) is 2.15. The van der Waals surface area contributed by atoms with Gasteiger partial charge in [-0.25, -0.2) is 4.79 Å². The largest absolute Gasteiger partial charge is 0.352 e. The Labute approximate surface area is 132 Å². The molecule has 0 bridgehead atoms. The van der Waals surface area contributed by atoms with Crippen LogP contribution in [0.5, 0.6) is 0 Å². The van der Waals surface area contributed by atoms with Crippen molar-refractivity contribution in [3.05, 3.63) is 35.4 Å². The molecule has 0 saturated carbocycles. The van der Waals surface area contributed by atoms with Gasteiger partial charge < -0.3 is 15.1 Å². The van der Waals surface area contributed by atoms with E-state index in [0.717, 1.165) is 12.0 Å². The predicted molar refractivity (Wildman–Crippen MR) is 86.5 cm³/mol. The van der Waals surface area contributed by atoms with Gasteiger partial charge in [-0.2, -0.15) is 0 Å². The molecule has 120 valence electrons. The van der Waals surface area contributed by atoms with E-state index in [1.165, 1.54) is 5.56 Å². The molecule has 1 aliphatic rings. The molecule has 3 amide bonds. The van der Waals surface area contributed by atoms with Gasteiger partial charge in [-0.3, -0.25) is 4.79 Å². The molecule has 0 spiro atoms. The zero-order valence-electron chi connectivity index (χ0n) is 13.6. The zero-order chi connectivity index (χ0) is 16.1. The average Bonchev–Trinajstić information content (AvgIpc) is 2.80. The maximum atomic E-state index is 12.4. The number of urea groups is 1. The number of carbonyl (C=O) groups is 2. The average molecular weight is 303 g/mol. The van der Waals surface area contributed by atoms with Gasteiger partial charge in [-0.05, 0) is 25.8 Å². The summed E-state index contributed by atoms with van der Waals surface area (Å²) < 4.78 is 0. The van der Waals surface area contributed by atoms with Crippen molar-refractivity contribution in [2.24, 2.45) is 0 Å². The Morgan fingerprint density at radius 3 is 2.73 bits per heavy atom. The molecule has 22 heavy (non-hydrogen) atoms. The molecule has 1 aromatic rings. The van der Waals surface area contributed by atoms with Crippen LogP contribution in [0.15, 0.2) is 24.3 Å². The van der Waals surface area contributed by atoms with Gasteiger partial charge in [0.2, 0.25) is 5.91 Å². The molecule has 1 heterocycles. The minimum atomic E-state index is -0.0832. The number of hydrogen-bond donors (Lipinski definition) is 1. The van der Waals surface area contributed by atoms with Crippen molar-refractivity contribution in [3.63, 3.8) is 0 Å². The first-order chi connectivity index (χ1) is 10.5. The molecule has 1 aliphatic heterocycles. The Morgan fingerprint density at radius 2 is 2.05 bits per heavy atom. The lowest BCUT2D eigenvalue weighted by Gasteiger charge is -2.19. The van der Waals surface area contributed by atoms with Crippen LogP contribution in [-0.4, -0.2) is 47.4 Å². The van der Waals surface area contributed by atoms with E-state index in [2.05, 4.69) is 11.4 Å². The van der Waals surface area contributed by atoms with Crippen LogP contribution in [-0.2, 0) is 11.3 Å². The number of carbonyl (C=O) groups excluding carboxylic acids is 2. The van der Waals surface area contributed by atoms with E-state index >= 15 is 0 Å². The van der Waals surface area contributed by atoms with Gasteiger partial charge in [0.25, 0.3) is 0 Å². The Morgan fingerprint density at radius 1 is 1.32 bits per heavy atom. The lowest BCUT2D eigenvalue weighted by Crippen LogP contribution is -2.42. The Balaban J connectivity index is 1.88. The fourth-order valence-corrected chi connectivity index (χ4v) is 2.55. The number of rotatable bonds is 6. The zero-order valence-corrected chi connectivity index (χ0v) is 13.6. The molecular weight excluding hydrogens is 278 g/mol. The summed E-state index contributed by atoms with van der Waals surface area (Å²) in [7, 11) is 0. The van der Waals surface area contributed by atoms with Crippen LogP contribution >= 0.6 is 0 Å². The molecule has 0 aliphatic carbocycles. The van der Waals surface area contributed by atoms with Gasteiger partial charge in [0, 0.05) is 25.7 Å². The highest BCUT2D eigenvalue weighted by Crippen LogP contribution is 2.14. The van der Waals surface area contributed by atoms with Crippen molar-refractivity contribution in [1.29, 1.82) is 0 Å². The smallest absolute Gasteiger partial charge is 0.320 e. The van der Waals surface area contributed by atoms with E-state index in [9.17, 15) is 9.59 Å². The topological polar surface area (TPSA) is 52.7 Å². The van der Waals surface area contributed by atoms with E-state index in [4.69, 9.17) is 0 Å². The highest BCUT2D eigenvalue weighted by Gasteiger charge is 2.29. The summed E-state index contributed by atoms with van der Waals surface area (Å²) >= 11 is 0. The number of aryl methyl sites for hydroxylation is 1. The van der Waals surface area contributed by atoms with Gasteiger partial charge in [0.15, 0.2) is 0 Å². The van der Waals surface area contributed by atoms with Crippen molar-refractivity contribution in [1.82, 2.24) is 15.1 Å². The first-order valence-corrected chi connectivity index (χ1v) is 7.88. The summed E-state index contributed by atoms with van der Waals surface area (Å²) in [5.41, 5.74) is 2.31. The molecule has 1 atom stereocenters. The fraction of sp³-hybridized carbons (Fsp3) is 0.529. The number of benzene rings is 1. The molecule has 5 heteroatoms. The van der Waals surface area contributed by atoms with Crippen LogP contribution in [0.4, 0.5) is 4.79 Å². The third-order valence-electron chi connectivity index (χ3n) is 3.99. The van der Waals surface area contributed by atoms with E-state index in [1.807, 2.05) is 39.0 Å². The van der Waals surface area contributed by atoms with Crippen LogP contribution in [0.1, 0.15) is 31.4 Å². The Kier molecular flexibility index (Phi) is 5.41. The summed E-state index contributed by atoms with van der Waals surface area (Å²) in [6, 6.07) is 8.25. The molecule has 0 unspecified atom stereocenters. The molecule has 5 nitrogen and oxygen atoms in total. The Hall–Kier alpha value is -2.04. The SMILES string of the molecule is CC[C@H](C)NC(=O)CN1CCN(Cc2cccc(C)c2)C1=O. The lowest BCUT2D eigenvalue weighted by atomic mass is 10.1. The third kappa shape index (κ3) is 4.23.